The van der Waals surface area contributed by atoms with Gasteiger partial charge in [0.25, 0.3) is 0 Å². The summed E-state index contributed by atoms with van der Waals surface area (Å²) in [7, 11) is 0. The van der Waals surface area contributed by atoms with Crippen LogP contribution < -0.4 is 5.43 Å². The average molecular weight is 253 g/mol. The highest BCUT2D eigenvalue weighted by molar-refractivity contribution is 6.39. The summed E-state index contributed by atoms with van der Waals surface area (Å²) in [4.78, 5) is 11.7. The maximum absolute atomic E-state index is 11.7. The summed E-state index contributed by atoms with van der Waals surface area (Å²) in [5.41, 5.74) is 4.20. The molecule has 0 aromatic heterocycles. The van der Waals surface area contributed by atoms with Crippen LogP contribution in [-0.4, -0.2) is 24.8 Å². The van der Waals surface area contributed by atoms with Crippen LogP contribution in [0, 0.1) is 0 Å². The first-order chi connectivity index (χ1) is 8.22. The van der Waals surface area contributed by atoms with Crippen molar-refractivity contribution in [3.63, 3.8) is 0 Å². The summed E-state index contributed by atoms with van der Waals surface area (Å²) in [6, 6.07) is 7.43. The number of nitrogens with zero attached hydrogens (tertiary/aromatic N) is 1. The van der Waals surface area contributed by atoms with Gasteiger partial charge in [0.1, 0.15) is 0 Å². The van der Waals surface area contributed by atoms with Crippen LogP contribution in [0.5, 0.6) is 0 Å². The second-order valence-electron chi connectivity index (χ2n) is 3.69. The third-order valence-corrected chi connectivity index (χ3v) is 2.80. The molecular weight excluding hydrogens is 240 g/mol. The number of hydrogen-bond acceptors (Lipinski definition) is 4. The Kier molecular flexibility index (Phi) is 3.64. The van der Waals surface area contributed by atoms with Crippen molar-refractivity contribution in [2.24, 2.45) is 5.10 Å². The number of ether oxygens (including phenoxy) is 1. The summed E-state index contributed by atoms with van der Waals surface area (Å²) < 4.78 is 4.97. The monoisotopic (exact) mass is 252 g/mol. The smallest absolute Gasteiger partial charge is 0.355 e. The fraction of sp³-hybridized carbons (Fsp3) is 0.333. The Bertz CT molecular complexity index is 460. The van der Waals surface area contributed by atoms with Gasteiger partial charge in [-0.05, 0) is 24.6 Å². The van der Waals surface area contributed by atoms with E-state index in [1.807, 2.05) is 18.2 Å². The Morgan fingerprint density at radius 1 is 1.65 bits per heavy atom. The lowest BCUT2D eigenvalue weighted by molar-refractivity contribution is -0.135. The molecule has 0 amide bonds. The summed E-state index contributed by atoms with van der Waals surface area (Å²) in [5.74, 6) is -0.463. The molecule has 1 aliphatic heterocycles. The Labute approximate surface area is 105 Å². The zero-order valence-electron chi connectivity index (χ0n) is 9.44. The van der Waals surface area contributed by atoms with Gasteiger partial charge in [0.15, 0.2) is 5.71 Å². The van der Waals surface area contributed by atoms with Crippen LogP contribution in [0.3, 0.4) is 0 Å². The number of hydrogen-bond donors (Lipinski definition) is 1. The number of hydrazone groups is 1. The molecule has 0 spiro atoms. The topological polar surface area (TPSA) is 50.7 Å². The van der Waals surface area contributed by atoms with Crippen LogP contribution >= 0.6 is 11.6 Å². The van der Waals surface area contributed by atoms with Gasteiger partial charge in [-0.3, -0.25) is 0 Å². The van der Waals surface area contributed by atoms with Gasteiger partial charge in [0.2, 0.25) is 0 Å². The third-order valence-electron chi connectivity index (χ3n) is 2.56. The number of rotatable bonds is 3. The summed E-state index contributed by atoms with van der Waals surface area (Å²) in [6.45, 7) is 2.71. The van der Waals surface area contributed by atoms with E-state index >= 15 is 0 Å². The lowest BCUT2D eigenvalue weighted by Gasteiger charge is -2.11. The largest absolute Gasteiger partial charge is 0.461 e. The van der Waals surface area contributed by atoms with Crippen LogP contribution in [0.15, 0.2) is 29.4 Å². The van der Waals surface area contributed by atoms with Crippen LogP contribution in [0.2, 0.25) is 5.02 Å². The van der Waals surface area contributed by atoms with Crippen molar-refractivity contribution in [1.82, 2.24) is 5.43 Å². The van der Waals surface area contributed by atoms with E-state index < -0.39 is 0 Å². The molecule has 0 radical (unpaired) electrons. The van der Waals surface area contributed by atoms with Crippen molar-refractivity contribution < 1.29 is 9.53 Å². The Morgan fingerprint density at radius 2 is 2.47 bits per heavy atom. The molecule has 1 unspecified atom stereocenters. The SMILES string of the molecule is CCOC(=O)C1=NNCC1c1cccc(Cl)c1. The van der Waals surface area contributed by atoms with Crippen molar-refractivity contribution in [2.45, 2.75) is 12.8 Å². The molecule has 1 N–H and O–H groups in total. The molecule has 0 fully saturated rings. The van der Waals surface area contributed by atoms with Gasteiger partial charge >= 0.3 is 5.97 Å². The fourth-order valence-electron chi connectivity index (χ4n) is 1.79. The molecule has 1 heterocycles. The van der Waals surface area contributed by atoms with Crippen molar-refractivity contribution in [3.05, 3.63) is 34.9 Å². The highest BCUT2D eigenvalue weighted by atomic mass is 35.5. The highest BCUT2D eigenvalue weighted by Gasteiger charge is 2.29. The van der Waals surface area contributed by atoms with Crippen LogP contribution in [0.1, 0.15) is 18.4 Å². The zero-order valence-corrected chi connectivity index (χ0v) is 10.2. The van der Waals surface area contributed by atoms with E-state index in [0.717, 1.165) is 5.56 Å². The van der Waals surface area contributed by atoms with Gasteiger partial charge in [0.05, 0.1) is 12.5 Å². The molecule has 0 saturated carbocycles. The molecule has 0 bridgehead atoms. The van der Waals surface area contributed by atoms with Crippen molar-refractivity contribution >= 4 is 23.3 Å². The quantitative estimate of drug-likeness (QED) is 0.837. The predicted octanol–water partition coefficient (Wildman–Crippen LogP) is 1.95. The van der Waals surface area contributed by atoms with Gasteiger partial charge in [-0.15, -0.1) is 0 Å². The predicted molar refractivity (Wildman–Crippen MR) is 66.3 cm³/mol. The molecule has 1 aromatic rings. The lowest BCUT2D eigenvalue weighted by Crippen LogP contribution is -2.23. The second-order valence-corrected chi connectivity index (χ2v) is 4.12. The van der Waals surface area contributed by atoms with E-state index in [1.165, 1.54) is 0 Å². The van der Waals surface area contributed by atoms with Crippen LogP contribution in [-0.2, 0) is 9.53 Å². The van der Waals surface area contributed by atoms with Gasteiger partial charge in [-0.25, -0.2) is 4.79 Å². The number of halogens is 1. The Hall–Kier alpha value is -1.55. The minimum absolute atomic E-state index is 0.0900. The summed E-state index contributed by atoms with van der Waals surface area (Å²) >= 11 is 5.94. The van der Waals surface area contributed by atoms with E-state index in [-0.39, 0.29) is 11.9 Å². The second kappa shape index (κ2) is 5.19. The molecule has 0 aliphatic carbocycles. The molecule has 4 nitrogen and oxygen atoms in total. The number of carbonyl (C=O) groups excluding carboxylic acids is 1. The molecule has 1 atom stereocenters. The van der Waals surface area contributed by atoms with Gasteiger partial charge in [-0.2, -0.15) is 5.10 Å². The number of benzene rings is 1. The summed E-state index contributed by atoms with van der Waals surface area (Å²) in [5, 5.41) is 4.64. The van der Waals surface area contributed by atoms with Crippen LogP contribution in [0.4, 0.5) is 0 Å². The lowest BCUT2D eigenvalue weighted by atomic mass is 9.95. The van der Waals surface area contributed by atoms with E-state index in [9.17, 15) is 4.79 Å². The van der Waals surface area contributed by atoms with Crippen LogP contribution in [0.25, 0.3) is 0 Å². The molecule has 1 aromatic carbocycles. The molecule has 2 rings (SSSR count). The van der Waals surface area contributed by atoms with Crippen molar-refractivity contribution in [3.8, 4) is 0 Å². The first-order valence-corrected chi connectivity index (χ1v) is 5.83. The van der Waals surface area contributed by atoms with E-state index in [1.54, 1.807) is 13.0 Å². The first-order valence-electron chi connectivity index (χ1n) is 5.45. The molecule has 17 heavy (non-hydrogen) atoms. The third kappa shape index (κ3) is 2.58. The van der Waals surface area contributed by atoms with E-state index in [4.69, 9.17) is 16.3 Å². The number of nitrogens with one attached hydrogen (secondary N) is 1. The average Bonchev–Trinajstić information content (AvgIpc) is 2.78. The Balaban J connectivity index is 2.22. The van der Waals surface area contributed by atoms with Gasteiger partial charge < -0.3 is 10.2 Å². The van der Waals surface area contributed by atoms with Crippen molar-refractivity contribution in [2.75, 3.05) is 13.2 Å². The fourth-order valence-corrected chi connectivity index (χ4v) is 1.99. The Morgan fingerprint density at radius 3 is 3.18 bits per heavy atom. The van der Waals surface area contributed by atoms with E-state index in [2.05, 4.69) is 10.5 Å². The number of esters is 1. The molecule has 0 saturated heterocycles. The highest BCUT2D eigenvalue weighted by Crippen LogP contribution is 2.23. The molecule has 5 heteroatoms. The van der Waals surface area contributed by atoms with Crippen molar-refractivity contribution in [1.29, 1.82) is 0 Å². The van der Waals surface area contributed by atoms with E-state index in [0.29, 0.717) is 23.9 Å². The minimum atomic E-state index is -0.373. The minimum Gasteiger partial charge on any atom is -0.461 e. The standard InChI is InChI=1S/C12H13ClN2O2/c1-2-17-12(16)11-10(7-14-15-11)8-4-3-5-9(13)6-8/h3-6,10,14H,2,7H2,1H3. The molecular formula is C12H13ClN2O2. The van der Waals surface area contributed by atoms with Gasteiger partial charge in [0, 0.05) is 11.6 Å². The first kappa shape index (κ1) is 11.9. The number of carbonyl (C=O) groups is 1. The molecule has 90 valence electrons. The van der Waals surface area contributed by atoms with Gasteiger partial charge in [-0.1, -0.05) is 23.7 Å². The maximum atomic E-state index is 11.7. The summed E-state index contributed by atoms with van der Waals surface area (Å²) in [6.07, 6.45) is 0. The normalized spacial score (nSPS) is 18.5. The maximum Gasteiger partial charge on any atom is 0.355 e. The zero-order chi connectivity index (χ0) is 12.3. The molecule has 1 aliphatic rings.